The Kier molecular flexibility index (Phi) is 4.80. The number of aromatic hydroxyl groups is 1. The number of hydrogen-bond acceptors (Lipinski definition) is 4. The fourth-order valence-electron chi connectivity index (χ4n) is 2.35. The zero-order valence-corrected chi connectivity index (χ0v) is 12.8. The van der Waals surface area contributed by atoms with E-state index in [0.717, 1.165) is 11.3 Å². The summed E-state index contributed by atoms with van der Waals surface area (Å²) in [5.41, 5.74) is 1.61. The van der Waals surface area contributed by atoms with Gasteiger partial charge >= 0.3 is 0 Å². The van der Waals surface area contributed by atoms with Gasteiger partial charge in [0.1, 0.15) is 23.0 Å². The highest BCUT2D eigenvalue weighted by Gasteiger charge is 2.22. The number of methoxy groups -OCH3 is 3. The van der Waals surface area contributed by atoms with E-state index < -0.39 is 0 Å². The van der Waals surface area contributed by atoms with Crippen LogP contribution in [0.25, 0.3) is 0 Å². The van der Waals surface area contributed by atoms with Gasteiger partial charge in [-0.1, -0.05) is 18.1 Å². The zero-order valence-electron chi connectivity index (χ0n) is 12.8. The first-order valence-electron chi connectivity index (χ1n) is 6.69. The summed E-state index contributed by atoms with van der Waals surface area (Å²) < 4.78 is 15.9. The Hall–Kier alpha value is -2.80. The summed E-state index contributed by atoms with van der Waals surface area (Å²) >= 11 is 0. The maximum atomic E-state index is 9.75. The molecule has 0 heterocycles. The molecule has 0 amide bonds. The summed E-state index contributed by atoms with van der Waals surface area (Å²) in [5.74, 6) is 4.17. The molecule has 2 rings (SSSR count). The third kappa shape index (κ3) is 2.94. The number of ether oxygens (including phenoxy) is 3. The second-order valence-corrected chi connectivity index (χ2v) is 4.64. The zero-order chi connectivity index (χ0) is 16.1. The second kappa shape index (κ2) is 6.77. The van der Waals surface area contributed by atoms with Crippen LogP contribution in [0.3, 0.4) is 0 Å². The highest BCUT2D eigenvalue weighted by molar-refractivity contribution is 5.57. The van der Waals surface area contributed by atoms with Gasteiger partial charge in [-0.25, -0.2) is 0 Å². The number of hydrogen-bond donors (Lipinski definition) is 1. The SMILES string of the molecule is C#CC(c1ccc(OC)cc1)c1c(OC)cc(O)cc1OC. The van der Waals surface area contributed by atoms with E-state index in [4.69, 9.17) is 20.6 Å². The van der Waals surface area contributed by atoms with Crippen molar-refractivity contribution in [1.29, 1.82) is 0 Å². The van der Waals surface area contributed by atoms with E-state index in [0.29, 0.717) is 17.1 Å². The summed E-state index contributed by atoms with van der Waals surface area (Å²) in [4.78, 5) is 0. The van der Waals surface area contributed by atoms with Crippen molar-refractivity contribution in [3.63, 3.8) is 0 Å². The van der Waals surface area contributed by atoms with Crippen molar-refractivity contribution in [3.8, 4) is 35.3 Å². The quantitative estimate of drug-likeness (QED) is 0.861. The van der Waals surface area contributed by atoms with Crippen molar-refractivity contribution in [2.45, 2.75) is 5.92 Å². The molecule has 0 radical (unpaired) electrons. The average molecular weight is 298 g/mol. The third-order valence-electron chi connectivity index (χ3n) is 3.43. The molecule has 1 unspecified atom stereocenters. The Morgan fingerprint density at radius 1 is 0.955 bits per heavy atom. The molecular weight excluding hydrogens is 280 g/mol. The Morgan fingerprint density at radius 3 is 1.91 bits per heavy atom. The van der Waals surface area contributed by atoms with E-state index in [1.807, 2.05) is 24.3 Å². The van der Waals surface area contributed by atoms with E-state index in [9.17, 15) is 5.11 Å². The lowest BCUT2D eigenvalue weighted by Gasteiger charge is -2.19. The van der Waals surface area contributed by atoms with Crippen LogP contribution in [0.4, 0.5) is 0 Å². The molecule has 4 heteroatoms. The van der Waals surface area contributed by atoms with Crippen molar-refractivity contribution in [2.24, 2.45) is 0 Å². The van der Waals surface area contributed by atoms with Crippen LogP contribution in [0.5, 0.6) is 23.0 Å². The van der Waals surface area contributed by atoms with Crippen LogP contribution in [0.15, 0.2) is 36.4 Å². The van der Waals surface area contributed by atoms with Gasteiger partial charge in [0.05, 0.1) is 32.8 Å². The van der Waals surface area contributed by atoms with Gasteiger partial charge in [0.2, 0.25) is 0 Å². The molecule has 1 atom stereocenters. The molecule has 4 nitrogen and oxygen atoms in total. The lowest BCUT2D eigenvalue weighted by Crippen LogP contribution is -2.04. The molecule has 114 valence electrons. The Bertz CT molecular complexity index is 658. The summed E-state index contributed by atoms with van der Waals surface area (Å²) in [5, 5.41) is 9.75. The first kappa shape index (κ1) is 15.6. The minimum Gasteiger partial charge on any atom is -0.508 e. The topological polar surface area (TPSA) is 47.9 Å². The minimum atomic E-state index is -0.364. The Morgan fingerprint density at radius 2 is 1.50 bits per heavy atom. The van der Waals surface area contributed by atoms with Crippen LogP contribution in [-0.4, -0.2) is 26.4 Å². The molecule has 2 aromatic rings. The first-order valence-corrected chi connectivity index (χ1v) is 6.69. The highest BCUT2D eigenvalue weighted by Crippen LogP contribution is 2.41. The van der Waals surface area contributed by atoms with Gasteiger partial charge in [0.15, 0.2) is 0 Å². The number of phenols is 1. The van der Waals surface area contributed by atoms with Crippen molar-refractivity contribution in [1.82, 2.24) is 0 Å². The smallest absolute Gasteiger partial charge is 0.131 e. The summed E-state index contributed by atoms with van der Waals surface area (Å²) in [6.07, 6.45) is 5.74. The van der Waals surface area contributed by atoms with E-state index in [2.05, 4.69) is 5.92 Å². The van der Waals surface area contributed by atoms with Crippen molar-refractivity contribution < 1.29 is 19.3 Å². The van der Waals surface area contributed by atoms with E-state index in [-0.39, 0.29) is 11.7 Å². The molecule has 0 aliphatic carbocycles. The maximum absolute atomic E-state index is 9.75. The second-order valence-electron chi connectivity index (χ2n) is 4.64. The lowest BCUT2D eigenvalue weighted by atomic mass is 9.90. The van der Waals surface area contributed by atoms with Crippen molar-refractivity contribution >= 4 is 0 Å². The molecule has 0 aromatic heterocycles. The van der Waals surface area contributed by atoms with Gasteiger partial charge in [-0.05, 0) is 17.7 Å². The molecule has 1 N–H and O–H groups in total. The normalized spacial score (nSPS) is 11.4. The summed E-state index contributed by atoms with van der Waals surface area (Å²) in [6.45, 7) is 0. The molecular formula is C18H18O4. The maximum Gasteiger partial charge on any atom is 0.131 e. The summed E-state index contributed by atoms with van der Waals surface area (Å²) in [6, 6.07) is 10.5. The summed E-state index contributed by atoms with van der Waals surface area (Å²) in [7, 11) is 4.67. The van der Waals surface area contributed by atoms with Gasteiger partial charge in [0.25, 0.3) is 0 Å². The van der Waals surface area contributed by atoms with Gasteiger partial charge in [0, 0.05) is 12.1 Å². The van der Waals surface area contributed by atoms with Crippen LogP contribution >= 0.6 is 0 Å². The van der Waals surface area contributed by atoms with Gasteiger partial charge in [-0.3, -0.25) is 0 Å². The predicted molar refractivity (Wildman–Crippen MR) is 84.9 cm³/mol. The van der Waals surface area contributed by atoms with Gasteiger partial charge in [-0.15, -0.1) is 6.42 Å². The highest BCUT2D eigenvalue weighted by atomic mass is 16.5. The Balaban J connectivity index is 2.57. The van der Waals surface area contributed by atoms with Crippen molar-refractivity contribution in [3.05, 3.63) is 47.5 Å². The van der Waals surface area contributed by atoms with Crippen LogP contribution in [0, 0.1) is 12.3 Å². The Labute approximate surface area is 130 Å². The molecule has 0 bridgehead atoms. The molecule has 0 saturated heterocycles. The van der Waals surface area contributed by atoms with Gasteiger partial charge in [-0.2, -0.15) is 0 Å². The predicted octanol–water partition coefficient (Wildman–Crippen LogP) is 3.18. The third-order valence-corrected chi connectivity index (χ3v) is 3.43. The van der Waals surface area contributed by atoms with E-state index in [1.165, 1.54) is 26.4 Å². The standard InChI is InChI=1S/C18H18O4/c1-5-15(12-6-8-14(20-2)9-7-12)18-16(21-3)10-13(19)11-17(18)22-4/h1,6-11,15,19H,2-4H3. The molecule has 0 saturated carbocycles. The first-order chi connectivity index (χ1) is 10.6. The van der Waals surface area contributed by atoms with Crippen molar-refractivity contribution in [2.75, 3.05) is 21.3 Å². The minimum absolute atomic E-state index is 0.0583. The van der Waals surface area contributed by atoms with E-state index in [1.54, 1.807) is 7.11 Å². The lowest BCUT2D eigenvalue weighted by molar-refractivity contribution is 0.376. The molecule has 22 heavy (non-hydrogen) atoms. The van der Waals surface area contributed by atoms with Crippen LogP contribution in [-0.2, 0) is 0 Å². The fraction of sp³-hybridized carbons (Fsp3) is 0.222. The molecule has 0 aliphatic heterocycles. The van der Waals surface area contributed by atoms with Crippen LogP contribution in [0.1, 0.15) is 17.0 Å². The number of benzene rings is 2. The van der Waals surface area contributed by atoms with Crippen LogP contribution < -0.4 is 14.2 Å². The average Bonchev–Trinajstić information content (AvgIpc) is 2.56. The molecule has 0 fully saturated rings. The molecule has 0 aliphatic rings. The van der Waals surface area contributed by atoms with E-state index >= 15 is 0 Å². The monoisotopic (exact) mass is 298 g/mol. The molecule has 2 aromatic carbocycles. The fourth-order valence-corrected chi connectivity index (χ4v) is 2.35. The largest absolute Gasteiger partial charge is 0.508 e. The molecule has 0 spiro atoms. The number of phenolic OH excluding ortho intramolecular Hbond substituents is 1. The van der Waals surface area contributed by atoms with Crippen LogP contribution in [0.2, 0.25) is 0 Å². The number of terminal acetylenes is 1. The number of rotatable bonds is 5. The van der Waals surface area contributed by atoms with Gasteiger partial charge < -0.3 is 19.3 Å².